The first-order valence-electron chi connectivity index (χ1n) is 3.11. The zero-order valence-electron chi connectivity index (χ0n) is 6.17. The van der Waals surface area contributed by atoms with Crippen LogP contribution in [0.3, 0.4) is 0 Å². The summed E-state index contributed by atoms with van der Waals surface area (Å²) in [5, 5.41) is 0. The fourth-order valence-electron chi connectivity index (χ4n) is 0.751. The summed E-state index contributed by atoms with van der Waals surface area (Å²) in [6.45, 7) is 1.19. The summed E-state index contributed by atoms with van der Waals surface area (Å²) >= 11 is 2.84. The van der Waals surface area contributed by atoms with Gasteiger partial charge in [-0.3, -0.25) is 14.2 Å². The molecule has 1 heterocycles. The van der Waals surface area contributed by atoms with E-state index in [4.69, 9.17) is 0 Å². The molecular formula is C7H5BrFNO2. The lowest BCUT2D eigenvalue weighted by molar-refractivity contribution is 0.0930. The molecule has 5 heteroatoms. The average Bonchev–Trinajstić information content (AvgIpc) is 1.96. The third-order valence-electron chi connectivity index (χ3n) is 1.28. The molecule has 64 valence electrons. The first-order valence-corrected chi connectivity index (χ1v) is 3.90. The van der Waals surface area contributed by atoms with Gasteiger partial charge < -0.3 is 0 Å². The van der Waals surface area contributed by atoms with Crippen molar-refractivity contribution >= 4 is 21.8 Å². The van der Waals surface area contributed by atoms with Gasteiger partial charge in [0.05, 0.1) is 10.7 Å². The van der Waals surface area contributed by atoms with E-state index in [1.165, 1.54) is 6.92 Å². The van der Waals surface area contributed by atoms with E-state index in [2.05, 4.69) is 15.9 Å². The molecule has 0 amide bonds. The van der Waals surface area contributed by atoms with E-state index in [1.54, 1.807) is 0 Å². The van der Waals surface area contributed by atoms with Gasteiger partial charge in [-0.1, -0.05) is 0 Å². The summed E-state index contributed by atoms with van der Waals surface area (Å²) in [5.41, 5.74) is -0.552. The summed E-state index contributed by atoms with van der Waals surface area (Å²) in [6, 6.07) is 1.02. The van der Waals surface area contributed by atoms with Crippen LogP contribution in [0.5, 0.6) is 0 Å². The molecule has 0 fully saturated rings. The van der Waals surface area contributed by atoms with E-state index < -0.39 is 17.3 Å². The van der Waals surface area contributed by atoms with Crippen LogP contribution in [0.4, 0.5) is 4.39 Å². The summed E-state index contributed by atoms with van der Waals surface area (Å²) in [6.07, 6.45) is 0.857. The number of hydrogen-bond donors (Lipinski definition) is 0. The maximum Gasteiger partial charge on any atom is 0.271 e. The summed E-state index contributed by atoms with van der Waals surface area (Å²) < 4.78 is 13.4. The standard InChI is InChI=1S/C7H5BrFNO2/c1-4(11)10-3-5(9)2-6(8)7(10)12/h2-3H,1H3. The summed E-state index contributed by atoms with van der Waals surface area (Å²) in [5.74, 6) is -1.14. The van der Waals surface area contributed by atoms with Crippen molar-refractivity contribution < 1.29 is 9.18 Å². The molecule has 3 nitrogen and oxygen atoms in total. The highest BCUT2D eigenvalue weighted by atomic mass is 79.9. The zero-order valence-corrected chi connectivity index (χ0v) is 7.76. The first kappa shape index (κ1) is 9.12. The summed E-state index contributed by atoms with van der Waals surface area (Å²) in [7, 11) is 0. The van der Waals surface area contributed by atoms with Gasteiger partial charge in [-0.15, -0.1) is 0 Å². The molecule has 12 heavy (non-hydrogen) atoms. The van der Waals surface area contributed by atoms with Crippen molar-refractivity contribution in [2.45, 2.75) is 6.92 Å². The Morgan fingerprint density at radius 1 is 1.67 bits per heavy atom. The Bertz CT molecular complexity index is 385. The number of rotatable bonds is 0. The van der Waals surface area contributed by atoms with Crippen LogP contribution in [0.25, 0.3) is 0 Å². The van der Waals surface area contributed by atoms with Gasteiger partial charge in [0.15, 0.2) is 0 Å². The highest BCUT2D eigenvalue weighted by Crippen LogP contribution is 2.04. The van der Waals surface area contributed by atoms with Crippen LogP contribution < -0.4 is 5.56 Å². The van der Waals surface area contributed by atoms with Crippen molar-refractivity contribution in [3.8, 4) is 0 Å². The van der Waals surface area contributed by atoms with Crippen molar-refractivity contribution in [1.29, 1.82) is 0 Å². The molecule has 1 rings (SSSR count). The Balaban J connectivity index is 3.49. The van der Waals surface area contributed by atoms with Crippen molar-refractivity contribution in [2.24, 2.45) is 0 Å². The smallest absolute Gasteiger partial charge is 0.271 e. The molecule has 0 saturated heterocycles. The quantitative estimate of drug-likeness (QED) is 0.680. The van der Waals surface area contributed by atoms with E-state index in [0.29, 0.717) is 4.57 Å². The van der Waals surface area contributed by atoms with E-state index in [1.807, 2.05) is 0 Å². The molecule has 0 aliphatic heterocycles. The van der Waals surface area contributed by atoms with Gasteiger partial charge >= 0.3 is 0 Å². The Morgan fingerprint density at radius 3 is 2.75 bits per heavy atom. The van der Waals surface area contributed by atoms with Crippen LogP contribution in [0.15, 0.2) is 21.5 Å². The van der Waals surface area contributed by atoms with E-state index in [9.17, 15) is 14.0 Å². The zero-order chi connectivity index (χ0) is 9.30. The van der Waals surface area contributed by atoms with Crippen LogP contribution in [-0.4, -0.2) is 10.5 Å². The van der Waals surface area contributed by atoms with Gasteiger partial charge in [-0.05, 0) is 22.0 Å². The summed E-state index contributed by atoms with van der Waals surface area (Å²) in [4.78, 5) is 21.8. The predicted molar refractivity (Wildman–Crippen MR) is 44.7 cm³/mol. The lowest BCUT2D eigenvalue weighted by Gasteiger charge is -1.99. The Hall–Kier alpha value is -0.970. The van der Waals surface area contributed by atoms with Crippen LogP contribution in [0.1, 0.15) is 11.7 Å². The number of carbonyl (C=O) groups excluding carboxylic acids is 1. The minimum Gasteiger partial charge on any atom is -0.274 e. The fourth-order valence-corrected chi connectivity index (χ4v) is 1.16. The maximum atomic E-state index is 12.6. The Kier molecular flexibility index (Phi) is 2.42. The SMILES string of the molecule is CC(=O)n1cc(F)cc(Br)c1=O. The number of halogens is 2. The minimum atomic E-state index is -0.628. The van der Waals surface area contributed by atoms with E-state index >= 15 is 0 Å². The molecule has 0 aliphatic rings. The van der Waals surface area contributed by atoms with Gasteiger partial charge in [-0.2, -0.15) is 0 Å². The number of aromatic nitrogens is 1. The fraction of sp³-hybridized carbons (Fsp3) is 0.143. The topological polar surface area (TPSA) is 39.1 Å². The third-order valence-corrected chi connectivity index (χ3v) is 1.85. The molecule has 0 spiro atoms. The second-order valence-corrected chi connectivity index (χ2v) is 3.05. The lowest BCUT2D eigenvalue weighted by atomic mass is 10.4. The van der Waals surface area contributed by atoms with Gasteiger partial charge in [-0.25, -0.2) is 4.39 Å². The van der Waals surface area contributed by atoms with Crippen LogP contribution in [-0.2, 0) is 0 Å². The van der Waals surface area contributed by atoms with Crippen molar-refractivity contribution in [3.05, 3.63) is 32.9 Å². The van der Waals surface area contributed by atoms with Gasteiger partial charge in [0.1, 0.15) is 5.82 Å². The van der Waals surface area contributed by atoms with Crippen LogP contribution >= 0.6 is 15.9 Å². The second kappa shape index (κ2) is 3.18. The molecule has 1 aromatic heterocycles. The Morgan fingerprint density at radius 2 is 2.25 bits per heavy atom. The van der Waals surface area contributed by atoms with Gasteiger partial charge in [0.2, 0.25) is 5.91 Å². The number of nitrogens with zero attached hydrogens (tertiary/aromatic N) is 1. The second-order valence-electron chi connectivity index (χ2n) is 2.20. The number of pyridine rings is 1. The predicted octanol–water partition coefficient (Wildman–Crippen LogP) is 1.41. The monoisotopic (exact) mass is 233 g/mol. The third kappa shape index (κ3) is 1.61. The number of carbonyl (C=O) groups is 1. The number of hydrogen-bond acceptors (Lipinski definition) is 2. The van der Waals surface area contributed by atoms with Crippen molar-refractivity contribution in [1.82, 2.24) is 4.57 Å². The average molecular weight is 234 g/mol. The minimum absolute atomic E-state index is 0.0395. The molecular weight excluding hydrogens is 229 g/mol. The van der Waals surface area contributed by atoms with Crippen molar-refractivity contribution in [2.75, 3.05) is 0 Å². The van der Waals surface area contributed by atoms with Crippen LogP contribution in [0.2, 0.25) is 0 Å². The molecule has 0 unspecified atom stereocenters. The van der Waals surface area contributed by atoms with E-state index in [-0.39, 0.29) is 4.47 Å². The first-order chi connectivity index (χ1) is 5.52. The largest absolute Gasteiger partial charge is 0.274 e. The van der Waals surface area contributed by atoms with Gasteiger partial charge in [0, 0.05) is 6.92 Å². The molecule has 0 atom stereocenters. The van der Waals surface area contributed by atoms with Crippen LogP contribution in [0, 0.1) is 5.82 Å². The van der Waals surface area contributed by atoms with Crippen molar-refractivity contribution in [3.63, 3.8) is 0 Å². The molecule has 0 aliphatic carbocycles. The normalized spacial score (nSPS) is 9.92. The maximum absolute atomic E-state index is 12.6. The van der Waals surface area contributed by atoms with E-state index in [0.717, 1.165) is 12.3 Å². The molecule has 1 aromatic rings. The highest BCUT2D eigenvalue weighted by molar-refractivity contribution is 9.10. The molecule has 0 N–H and O–H groups in total. The highest BCUT2D eigenvalue weighted by Gasteiger charge is 2.06. The molecule has 0 aromatic carbocycles. The van der Waals surface area contributed by atoms with Gasteiger partial charge in [0.25, 0.3) is 5.56 Å². The Labute approximate surface area is 75.9 Å². The molecule has 0 bridgehead atoms. The molecule has 0 saturated carbocycles. The molecule has 0 radical (unpaired) electrons. The lowest BCUT2D eigenvalue weighted by Crippen LogP contribution is -2.25.